The van der Waals surface area contributed by atoms with E-state index in [0.29, 0.717) is 32.4 Å². The molecule has 0 aliphatic carbocycles. The summed E-state index contributed by atoms with van der Waals surface area (Å²) in [5.74, 6) is 0.0233. The van der Waals surface area contributed by atoms with E-state index in [4.69, 9.17) is 0 Å². The standard InChI is InChI=1S/C14H28N2O4S/c1-11(2)10-12(15-21(4,19)20)13(17)16-8-5-6-14(3,18)7-9-16/h11-12,15,18H,5-10H2,1-4H3. The van der Waals surface area contributed by atoms with E-state index in [1.165, 1.54) is 0 Å². The van der Waals surface area contributed by atoms with Crippen LogP contribution in [0.25, 0.3) is 0 Å². The van der Waals surface area contributed by atoms with Gasteiger partial charge in [0.05, 0.1) is 11.9 Å². The highest BCUT2D eigenvalue weighted by Gasteiger charge is 2.31. The predicted molar refractivity (Wildman–Crippen MR) is 82.3 cm³/mol. The third-order valence-corrected chi connectivity index (χ3v) is 4.45. The Bertz CT molecular complexity index is 460. The Balaban J connectivity index is 2.79. The van der Waals surface area contributed by atoms with Gasteiger partial charge in [0, 0.05) is 13.1 Å². The first kappa shape index (κ1) is 18.4. The summed E-state index contributed by atoms with van der Waals surface area (Å²) in [5, 5.41) is 10.1. The predicted octanol–water partition coefficient (Wildman–Crippen LogP) is 0.714. The summed E-state index contributed by atoms with van der Waals surface area (Å²) < 4.78 is 25.4. The molecule has 0 spiro atoms. The van der Waals surface area contributed by atoms with Crippen molar-refractivity contribution in [1.82, 2.24) is 9.62 Å². The van der Waals surface area contributed by atoms with Crippen LogP contribution in [0, 0.1) is 5.92 Å². The van der Waals surface area contributed by atoms with Gasteiger partial charge in [0.15, 0.2) is 0 Å². The van der Waals surface area contributed by atoms with E-state index in [0.717, 1.165) is 12.7 Å². The van der Waals surface area contributed by atoms with Crippen molar-refractivity contribution in [1.29, 1.82) is 0 Å². The number of rotatable bonds is 5. The van der Waals surface area contributed by atoms with Gasteiger partial charge in [-0.25, -0.2) is 13.1 Å². The van der Waals surface area contributed by atoms with Gasteiger partial charge < -0.3 is 10.0 Å². The Hall–Kier alpha value is -0.660. The first-order chi connectivity index (χ1) is 9.50. The second-order valence-electron chi connectivity index (χ2n) is 6.75. The topological polar surface area (TPSA) is 86.7 Å². The van der Waals surface area contributed by atoms with Crippen molar-refractivity contribution in [2.75, 3.05) is 19.3 Å². The molecule has 6 nitrogen and oxygen atoms in total. The molecule has 1 amide bonds. The van der Waals surface area contributed by atoms with Crippen molar-refractivity contribution < 1.29 is 18.3 Å². The smallest absolute Gasteiger partial charge is 0.240 e. The van der Waals surface area contributed by atoms with Crippen molar-refractivity contribution in [3.05, 3.63) is 0 Å². The zero-order chi connectivity index (χ0) is 16.3. The van der Waals surface area contributed by atoms with Crippen LogP contribution >= 0.6 is 0 Å². The minimum atomic E-state index is -3.43. The highest BCUT2D eigenvalue weighted by atomic mass is 32.2. The van der Waals surface area contributed by atoms with Crippen molar-refractivity contribution >= 4 is 15.9 Å². The molecule has 7 heteroatoms. The van der Waals surface area contributed by atoms with Crippen LogP contribution in [0.1, 0.15) is 46.5 Å². The molecule has 0 aromatic carbocycles. The second kappa shape index (κ2) is 7.07. The molecule has 1 fully saturated rings. The van der Waals surface area contributed by atoms with Crippen LogP contribution in [-0.4, -0.2) is 55.3 Å². The van der Waals surface area contributed by atoms with Gasteiger partial charge in [-0.05, 0) is 38.5 Å². The first-order valence-corrected chi connectivity index (χ1v) is 9.38. The molecule has 124 valence electrons. The molecule has 1 aliphatic rings. The Morgan fingerprint density at radius 1 is 1.33 bits per heavy atom. The zero-order valence-corrected chi connectivity index (χ0v) is 14.2. The van der Waals surface area contributed by atoms with Crippen molar-refractivity contribution in [2.24, 2.45) is 5.92 Å². The van der Waals surface area contributed by atoms with E-state index in [9.17, 15) is 18.3 Å². The number of nitrogens with one attached hydrogen (secondary N) is 1. The zero-order valence-electron chi connectivity index (χ0n) is 13.4. The van der Waals surface area contributed by atoms with Crippen LogP contribution in [-0.2, 0) is 14.8 Å². The number of amides is 1. The summed E-state index contributed by atoms with van der Waals surface area (Å²) in [5.41, 5.74) is -0.743. The first-order valence-electron chi connectivity index (χ1n) is 7.49. The van der Waals surface area contributed by atoms with E-state index in [1.807, 2.05) is 13.8 Å². The van der Waals surface area contributed by atoms with E-state index in [2.05, 4.69) is 4.72 Å². The Morgan fingerprint density at radius 2 is 1.95 bits per heavy atom. The molecule has 1 saturated heterocycles. The molecule has 2 atom stereocenters. The number of carbonyl (C=O) groups excluding carboxylic acids is 1. The molecule has 0 bridgehead atoms. The molecule has 2 N–H and O–H groups in total. The van der Waals surface area contributed by atoms with Gasteiger partial charge in [-0.2, -0.15) is 0 Å². The lowest BCUT2D eigenvalue weighted by Gasteiger charge is -2.27. The molecule has 0 aromatic rings. The van der Waals surface area contributed by atoms with Crippen LogP contribution in [0.3, 0.4) is 0 Å². The minimum absolute atomic E-state index is 0.188. The molecule has 21 heavy (non-hydrogen) atoms. The van der Waals surface area contributed by atoms with Crippen LogP contribution in [0.5, 0.6) is 0 Å². The Morgan fingerprint density at radius 3 is 2.48 bits per heavy atom. The maximum Gasteiger partial charge on any atom is 0.240 e. The van der Waals surface area contributed by atoms with Crippen molar-refractivity contribution in [3.63, 3.8) is 0 Å². The molecule has 0 saturated carbocycles. The number of hydrogen-bond acceptors (Lipinski definition) is 4. The van der Waals surface area contributed by atoms with Crippen LogP contribution < -0.4 is 4.72 Å². The number of aliphatic hydroxyl groups is 1. The van der Waals surface area contributed by atoms with Crippen LogP contribution in [0.4, 0.5) is 0 Å². The highest BCUT2D eigenvalue weighted by Crippen LogP contribution is 2.22. The van der Waals surface area contributed by atoms with Gasteiger partial charge >= 0.3 is 0 Å². The fraction of sp³-hybridized carbons (Fsp3) is 0.929. The number of sulfonamides is 1. The Kier molecular flexibility index (Phi) is 6.19. The van der Waals surface area contributed by atoms with E-state index in [1.54, 1.807) is 11.8 Å². The average Bonchev–Trinajstić information content (AvgIpc) is 2.46. The molecule has 0 radical (unpaired) electrons. The van der Waals surface area contributed by atoms with Crippen LogP contribution in [0.15, 0.2) is 0 Å². The van der Waals surface area contributed by atoms with Gasteiger partial charge in [0.2, 0.25) is 15.9 Å². The third-order valence-electron chi connectivity index (χ3n) is 3.74. The van der Waals surface area contributed by atoms with Gasteiger partial charge in [-0.15, -0.1) is 0 Å². The number of nitrogens with zero attached hydrogens (tertiary/aromatic N) is 1. The van der Waals surface area contributed by atoms with Crippen LogP contribution in [0.2, 0.25) is 0 Å². The largest absolute Gasteiger partial charge is 0.390 e. The lowest BCUT2D eigenvalue weighted by atomic mass is 9.98. The van der Waals surface area contributed by atoms with E-state index < -0.39 is 21.7 Å². The quantitative estimate of drug-likeness (QED) is 0.781. The molecule has 1 aliphatic heterocycles. The normalized spacial score (nSPS) is 25.7. The van der Waals surface area contributed by atoms with E-state index in [-0.39, 0.29) is 11.8 Å². The summed E-state index contributed by atoms with van der Waals surface area (Å²) in [4.78, 5) is 14.3. The molecule has 1 heterocycles. The van der Waals surface area contributed by atoms with Crippen molar-refractivity contribution in [2.45, 2.75) is 58.1 Å². The molecule has 1 rings (SSSR count). The average molecular weight is 320 g/mol. The molecule has 0 aromatic heterocycles. The summed E-state index contributed by atoms with van der Waals surface area (Å²) >= 11 is 0. The summed E-state index contributed by atoms with van der Waals surface area (Å²) in [6.45, 7) is 6.72. The number of hydrogen-bond donors (Lipinski definition) is 2. The van der Waals surface area contributed by atoms with Gasteiger partial charge in [-0.3, -0.25) is 4.79 Å². The summed E-state index contributed by atoms with van der Waals surface area (Å²) in [7, 11) is -3.43. The Labute approximate surface area is 128 Å². The van der Waals surface area contributed by atoms with Gasteiger partial charge in [-0.1, -0.05) is 13.8 Å². The summed E-state index contributed by atoms with van der Waals surface area (Å²) in [6.07, 6.45) is 3.45. The molecular weight excluding hydrogens is 292 g/mol. The maximum atomic E-state index is 12.6. The van der Waals surface area contributed by atoms with Gasteiger partial charge in [0.25, 0.3) is 0 Å². The monoisotopic (exact) mass is 320 g/mol. The SMILES string of the molecule is CC(C)CC(NS(C)(=O)=O)C(=O)N1CCCC(C)(O)CC1. The van der Waals surface area contributed by atoms with Gasteiger partial charge in [0.1, 0.15) is 6.04 Å². The lowest BCUT2D eigenvalue weighted by Crippen LogP contribution is -2.49. The lowest BCUT2D eigenvalue weighted by molar-refractivity contribution is -0.133. The maximum absolute atomic E-state index is 12.6. The molecule has 2 unspecified atom stereocenters. The number of carbonyl (C=O) groups is 1. The molecular formula is C14H28N2O4S. The summed E-state index contributed by atoms with van der Waals surface area (Å²) in [6, 6.07) is -0.719. The minimum Gasteiger partial charge on any atom is -0.390 e. The van der Waals surface area contributed by atoms with E-state index >= 15 is 0 Å². The fourth-order valence-corrected chi connectivity index (χ4v) is 3.35. The number of likely N-dealkylation sites (tertiary alicyclic amines) is 1. The fourth-order valence-electron chi connectivity index (χ4n) is 2.63. The third kappa shape index (κ3) is 6.76. The second-order valence-corrected chi connectivity index (χ2v) is 8.53. The van der Waals surface area contributed by atoms with Crippen molar-refractivity contribution in [3.8, 4) is 0 Å². The highest BCUT2D eigenvalue weighted by molar-refractivity contribution is 7.88.